The summed E-state index contributed by atoms with van der Waals surface area (Å²) in [5, 5.41) is 3.32. The third-order valence-electron chi connectivity index (χ3n) is 3.35. The average molecular weight is 340 g/mol. The van der Waals surface area contributed by atoms with E-state index in [0.717, 1.165) is 5.56 Å². The van der Waals surface area contributed by atoms with E-state index < -0.39 is 5.91 Å². The topological polar surface area (TPSA) is 93.8 Å². The smallest absolute Gasteiger partial charge is 0.278 e. The predicted molar refractivity (Wildman–Crippen MR) is 93.8 cm³/mol. The van der Waals surface area contributed by atoms with Gasteiger partial charge in [-0.15, -0.1) is 0 Å². The number of aromatic nitrogens is 3. The van der Waals surface area contributed by atoms with E-state index in [1.807, 2.05) is 12.1 Å². The second kappa shape index (κ2) is 6.64. The summed E-state index contributed by atoms with van der Waals surface area (Å²) in [7, 11) is 0. The minimum absolute atomic E-state index is 0.0643. The SMILES string of the molecule is Cc1nc(N)c(C(=O)Nc2cccnc2)nc1-c1ccc(Cl)cc1. The summed E-state index contributed by atoms with van der Waals surface area (Å²) in [5.74, 6) is -0.366. The van der Waals surface area contributed by atoms with E-state index in [1.54, 1.807) is 37.4 Å². The maximum atomic E-state index is 12.4. The van der Waals surface area contributed by atoms with Crippen molar-refractivity contribution in [2.45, 2.75) is 6.92 Å². The number of benzene rings is 1. The third-order valence-corrected chi connectivity index (χ3v) is 3.60. The molecule has 0 radical (unpaired) electrons. The van der Waals surface area contributed by atoms with Crippen LogP contribution >= 0.6 is 11.6 Å². The highest BCUT2D eigenvalue weighted by atomic mass is 35.5. The van der Waals surface area contributed by atoms with Crippen LogP contribution in [0.2, 0.25) is 5.02 Å². The quantitative estimate of drug-likeness (QED) is 0.763. The lowest BCUT2D eigenvalue weighted by Crippen LogP contribution is -2.18. The molecule has 3 N–H and O–H groups in total. The number of nitrogen functional groups attached to an aromatic ring is 1. The number of nitrogens with two attached hydrogens (primary N) is 1. The van der Waals surface area contributed by atoms with E-state index in [0.29, 0.717) is 22.1 Å². The van der Waals surface area contributed by atoms with Crippen LogP contribution in [0, 0.1) is 6.92 Å². The molecule has 0 saturated heterocycles. The Bertz CT molecular complexity index is 881. The maximum absolute atomic E-state index is 12.4. The minimum atomic E-state index is -0.441. The summed E-state index contributed by atoms with van der Waals surface area (Å²) in [4.78, 5) is 25.0. The van der Waals surface area contributed by atoms with Gasteiger partial charge in [-0.2, -0.15) is 0 Å². The molecule has 0 aliphatic rings. The molecule has 0 atom stereocenters. The van der Waals surface area contributed by atoms with E-state index in [4.69, 9.17) is 17.3 Å². The molecule has 0 fully saturated rings. The normalized spacial score (nSPS) is 10.4. The van der Waals surface area contributed by atoms with Crippen LogP contribution in [0.15, 0.2) is 48.8 Å². The lowest BCUT2D eigenvalue weighted by Gasteiger charge is -2.10. The Kier molecular flexibility index (Phi) is 4.39. The second-order valence-corrected chi connectivity index (χ2v) is 5.53. The molecule has 0 aliphatic heterocycles. The van der Waals surface area contributed by atoms with Gasteiger partial charge < -0.3 is 11.1 Å². The van der Waals surface area contributed by atoms with Crippen LogP contribution in [-0.4, -0.2) is 20.9 Å². The molecule has 0 aliphatic carbocycles. The second-order valence-electron chi connectivity index (χ2n) is 5.09. The fourth-order valence-corrected chi connectivity index (χ4v) is 2.34. The summed E-state index contributed by atoms with van der Waals surface area (Å²) in [6.45, 7) is 1.79. The van der Waals surface area contributed by atoms with Crippen LogP contribution < -0.4 is 11.1 Å². The lowest BCUT2D eigenvalue weighted by atomic mass is 10.1. The molecule has 3 rings (SSSR count). The summed E-state index contributed by atoms with van der Waals surface area (Å²) >= 11 is 5.91. The van der Waals surface area contributed by atoms with Crippen LogP contribution in [-0.2, 0) is 0 Å². The Hall–Kier alpha value is -2.99. The van der Waals surface area contributed by atoms with Crippen LogP contribution in [0.5, 0.6) is 0 Å². The Morgan fingerprint density at radius 3 is 2.58 bits per heavy atom. The molecular formula is C17H14ClN5O. The highest BCUT2D eigenvalue weighted by Gasteiger charge is 2.17. The number of amides is 1. The van der Waals surface area contributed by atoms with Gasteiger partial charge in [0, 0.05) is 16.8 Å². The van der Waals surface area contributed by atoms with E-state index in [9.17, 15) is 4.79 Å². The first-order valence-corrected chi connectivity index (χ1v) is 7.54. The zero-order valence-corrected chi connectivity index (χ0v) is 13.6. The van der Waals surface area contributed by atoms with E-state index in [2.05, 4.69) is 20.3 Å². The summed E-state index contributed by atoms with van der Waals surface area (Å²) in [6, 6.07) is 10.6. The number of hydrogen-bond acceptors (Lipinski definition) is 5. The number of pyridine rings is 1. The van der Waals surface area contributed by atoms with Crippen LogP contribution in [0.4, 0.5) is 11.5 Å². The number of carbonyl (C=O) groups is 1. The first kappa shape index (κ1) is 15.9. The molecule has 3 aromatic rings. The van der Waals surface area contributed by atoms with Gasteiger partial charge >= 0.3 is 0 Å². The van der Waals surface area contributed by atoms with Gasteiger partial charge in [0.25, 0.3) is 5.91 Å². The van der Waals surface area contributed by atoms with Crippen molar-refractivity contribution in [3.05, 3.63) is 65.2 Å². The van der Waals surface area contributed by atoms with Crippen molar-refractivity contribution in [2.24, 2.45) is 0 Å². The number of nitrogens with one attached hydrogen (secondary N) is 1. The molecule has 2 aromatic heterocycles. The monoisotopic (exact) mass is 339 g/mol. The molecule has 0 unspecified atom stereocenters. The Labute approximate surface area is 143 Å². The number of halogens is 1. The van der Waals surface area contributed by atoms with Crippen molar-refractivity contribution < 1.29 is 4.79 Å². The first-order chi connectivity index (χ1) is 11.5. The molecule has 120 valence electrons. The highest BCUT2D eigenvalue weighted by molar-refractivity contribution is 6.30. The fraction of sp³-hybridized carbons (Fsp3) is 0.0588. The van der Waals surface area contributed by atoms with Crippen LogP contribution in [0.25, 0.3) is 11.3 Å². The highest BCUT2D eigenvalue weighted by Crippen LogP contribution is 2.24. The van der Waals surface area contributed by atoms with E-state index in [1.165, 1.54) is 6.20 Å². The number of nitrogens with zero attached hydrogens (tertiary/aromatic N) is 3. The number of anilines is 2. The van der Waals surface area contributed by atoms with Crippen molar-refractivity contribution in [2.75, 3.05) is 11.1 Å². The molecule has 0 spiro atoms. The summed E-state index contributed by atoms with van der Waals surface area (Å²) in [6.07, 6.45) is 3.16. The summed E-state index contributed by atoms with van der Waals surface area (Å²) < 4.78 is 0. The Morgan fingerprint density at radius 2 is 1.92 bits per heavy atom. The molecule has 0 bridgehead atoms. The molecule has 6 nitrogen and oxygen atoms in total. The molecule has 2 heterocycles. The maximum Gasteiger partial charge on any atom is 0.278 e. The zero-order chi connectivity index (χ0) is 17.1. The number of carbonyl (C=O) groups excluding carboxylic acids is 1. The zero-order valence-electron chi connectivity index (χ0n) is 12.8. The van der Waals surface area contributed by atoms with Gasteiger partial charge in [-0.25, -0.2) is 9.97 Å². The van der Waals surface area contributed by atoms with Crippen molar-refractivity contribution in [1.82, 2.24) is 15.0 Å². The molecule has 24 heavy (non-hydrogen) atoms. The minimum Gasteiger partial charge on any atom is -0.382 e. The van der Waals surface area contributed by atoms with E-state index >= 15 is 0 Å². The summed E-state index contributed by atoms with van der Waals surface area (Å²) in [5.41, 5.74) is 8.51. The van der Waals surface area contributed by atoms with Gasteiger partial charge in [0.05, 0.1) is 23.3 Å². The standard InChI is InChI=1S/C17H14ClN5O/c1-10-14(11-4-6-12(18)7-5-11)23-15(16(19)21-10)17(24)22-13-3-2-8-20-9-13/h2-9H,1H3,(H2,19,21)(H,22,24). The fourth-order valence-electron chi connectivity index (χ4n) is 2.21. The van der Waals surface area contributed by atoms with E-state index in [-0.39, 0.29) is 11.5 Å². The van der Waals surface area contributed by atoms with Gasteiger partial charge in [-0.3, -0.25) is 9.78 Å². The van der Waals surface area contributed by atoms with Gasteiger partial charge in [0.2, 0.25) is 0 Å². The third kappa shape index (κ3) is 3.33. The van der Waals surface area contributed by atoms with Crippen molar-refractivity contribution in [1.29, 1.82) is 0 Å². The van der Waals surface area contributed by atoms with Gasteiger partial charge in [0.15, 0.2) is 11.5 Å². The molecule has 1 amide bonds. The van der Waals surface area contributed by atoms with Crippen LogP contribution in [0.1, 0.15) is 16.2 Å². The average Bonchev–Trinajstić information content (AvgIpc) is 2.57. The van der Waals surface area contributed by atoms with Crippen molar-refractivity contribution in [3.8, 4) is 11.3 Å². The first-order valence-electron chi connectivity index (χ1n) is 7.16. The molecule has 7 heteroatoms. The van der Waals surface area contributed by atoms with Crippen molar-refractivity contribution in [3.63, 3.8) is 0 Å². The number of rotatable bonds is 3. The van der Waals surface area contributed by atoms with Gasteiger partial charge in [-0.1, -0.05) is 23.7 Å². The largest absolute Gasteiger partial charge is 0.382 e. The van der Waals surface area contributed by atoms with Crippen molar-refractivity contribution >= 4 is 29.0 Å². The molecule has 1 aromatic carbocycles. The molecular weight excluding hydrogens is 326 g/mol. The Morgan fingerprint density at radius 1 is 1.17 bits per heavy atom. The van der Waals surface area contributed by atoms with Gasteiger partial charge in [0.1, 0.15) is 0 Å². The lowest BCUT2D eigenvalue weighted by molar-refractivity contribution is 0.102. The number of hydrogen-bond donors (Lipinski definition) is 2. The Balaban J connectivity index is 1.98. The predicted octanol–water partition coefficient (Wildman–Crippen LogP) is 3.33. The van der Waals surface area contributed by atoms with Crippen LogP contribution in [0.3, 0.4) is 0 Å². The number of aryl methyl sites for hydroxylation is 1. The van der Waals surface area contributed by atoms with Gasteiger partial charge in [-0.05, 0) is 31.2 Å². The molecule has 0 saturated carbocycles.